The van der Waals surface area contributed by atoms with E-state index in [2.05, 4.69) is 26.2 Å². The number of anilines is 1. The highest BCUT2D eigenvalue weighted by Crippen LogP contribution is 2.50. The molecule has 2 aromatic carbocycles. The monoisotopic (exact) mass is 757 g/mol. The normalized spacial score (nSPS) is 24.6. The Labute approximate surface area is 314 Å². The van der Waals surface area contributed by atoms with Gasteiger partial charge in [0.05, 0.1) is 63.0 Å². The number of sulfonamides is 1. The number of piperidine rings is 1. The van der Waals surface area contributed by atoms with Crippen molar-refractivity contribution >= 4 is 27.6 Å². The van der Waals surface area contributed by atoms with Crippen LogP contribution in [0.5, 0.6) is 17.4 Å². The Hall–Kier alpha value is -4.95. The summed E-state index contributed by atoms with van der Waals surface area (Å²) >= 11 is 0. The number of ether oxygens (including phenoxy) is 4. The lowest BCUT2D eigenvalue weighted by atomic mass is 9.83. The fraction of sp³-hybridized carbons (Fsp3) is 0.474. The van der Waals surface area contributed by atoms with E-state index in [0.29, 0.717) is 47.3 Å². The van der Waals surface area contributed by atoms with Gasteiger partial charge in [0.2, 0.25) is 5.88 Å². The molecule has 3 atom stereocenters. The Morgan fingerprint density at radius 2 is 1.74 bits per heavy atom. The highest BCUT2D eigenvalue weighted by Gasteiger charge is 2.59. The number of pyridine rings is 1. The van der Waals surface area contributed by atoms with Crippen molar-refractivity contribution in [2.24, 2.45) is 0 Å². The lowest BCUT2D eigenvalue weighted by Crippen LogP contribution is -2.61. The minimum atomic E-state index is -4.70. The largest absolute Gasteiger partial charge is 0.497 e. The molecule has 15 nitrogen and oxygen atoms in total. The summed E-state index contributed by atoms with van der Waals surface area (Å²) in [6.45, 7) is 6.50. The van der Waals surface area contributed by atoms with E-state index in [1.54, 1.807) is 24.0 Å². The van der Waals surface area contributed by atoms with Gasteiger partial charge in [-0.2, -0.15) is 9.57 Å². The summed E-state index contributed by atoms with van der Waals surface area (Å²) in [5.41, 5.74) is -1.80. The van der Waals surface area contributed by atoms with E-state index in [1.165, 1.54) is 56.8 Å². The average molecular weight is 758 g/mol. The van der Waals surface area contributed by atoms with Crippen LogP contribution in [-0.2, 0) is 25.1 Å². The number of carbonyl (C=O) groups excluding carboxylic acids is 2. The van der Waals surface area contributed by atoms with E-state index >= 15 is 4.79 Å². The summed E-state index contributed by atoms with van der Waals surface area (Å²) in [4.78, 5) is 40.8. The van der Waals surface area contributed by atoms with Gasteiger partial charge in [-0.05, 0) is 68.7 Å². The molecule has 0 unspecified atom stereocenters. The van der Waals surface area contributed by atoms with Crippen molar-refractivity contribution < 1.29 is 37.0 Å². The zero-order valence-electron chi connectivity index (χ0n) is 30.4. The van der Waals surface area contributed by atoms with Crippen LogP contribution in [0.2, 0.25) is 0 Å². The van der Waals surface area contributed by atoms with Crippen molar-refractivity contribution in [3.05, 3.63) is 71.4 Å². The third-order valence-corrected chi connectivity index (χ3v) is 13.3. The topological polar surface area (TPSA) is 167 Å². The average Bonchev–Trinajstić information content (AvgIpc) is 3.84. The van der Waals surface area contributed by atoms with E-state index in [1.807, 2.05) is 0 Å². The minimum absolute atomic E-state index is 0.0335. The van der Waals surface area contributed by atoms with Gasteiger partial charge < -0.3 is 29.2 Å². The van der Waals surface area contributed by atoms with E-state index in [0.717, 1.165) is 45.6 Å². The van der Waals surface area contributed by atoms with Crippen LogP contribution >= 0.6 is 0 Å². The lowest BCUT2D eigenvalue weighted by Gasteiger charge is -2.46. The Bertz CT molecular complexity index is 2120. The maximum atomic E-state index is 15.3. The van der Waals surface area contributed by atoms with Crippen molar-refractivity contribution in [1.29, 1.82) is 5.26 Å². The molecule has 2 bridgehead atoms. The maximum Gasteiger partial charge on any atom is 0.318 e. The van der Waals surface area contributed by atoms with Gasteiger partial charge in [0.1, 0.15) is 16.4 Å². The standard InChI is InChI=1S/C38H43N7O8S/c1-4-53-35-30(6-5-13-40-35)38(41-37(47)42-14-11-25(12-15-42)43-20-27-17-26(43)21-44(27)28-22-52-23-28)31-16-24(19-39)7-9-32(31)45(36(38)46)54(48,49)34-10-8-29(50-2)18-33(34)51-3/h5-10,13,16,18,25-28H,4,11-12,14-15,17,20-23H2,1-3H3,(H,41,47)/t26-,27+,38-/m1/s1. The van der Waals surface area contributed by atoms with Crippen LogP contribution in [-0.4, -0.2) is 124 Å². The first-order valence-electron chi connectivity index (χ1n) is 18.3. The fourth-order valence-corrected chi connectivity index (χ4v) is 10.4. The predicted octanol–water partition coefficient (Wildman–Crippen LogP) is 2.68. The number of rotatable bonds is 10. The van der Waals surface area contributed by atoms with Crippen molar-refractivity contribution in [3.63, 3.8) is 0 Å². The number of methoxy groups -OCH3 is 2. The van der Waals surface area contributed by atoms with E-state index in [-0.39, 0.29) is 45.5 Å². The first kappa shape index (κ1) is 36.0. The van der Waals surface area contributed by atoms with Gasteiger partial charge in [-0.15, -0.1) is 0 Å². The van der Waals surface area contributed by atoms with Crippen LogP contribution in [0.3, 0.4) is 0 Å². The number of likely N-dealkylation sites (tertiary alicyclic amines) is 3. The zero-order chi connectivity index (χ0) is 37.8. The number of aromatic nitrogens is 1. The summed E-state index contributed by atoms with van der Waals surface area (Å²) < 4.78 is 52.1. The molecule has 0 radical (unpaired) electrons. The number of fused-ring (bicyclic) bond motifs is 3. The van der Waals surface area contributed by atoms with Crippen molar-refractivity contribution in [1.82, 2.24) is 25.0 Å². The van der Waals surface area contributed by atoms with Gasteiger partial charge in [-0.1, -0.05) is 0 Å². The number of nitriles is 1. The smallest absolute Gasteiger partial charge is 0.318 e. The second-order valence-corrected chi connectivity index (χ2v) is 16.0. The van der Waals surface area contributed by atoms with E-state index in [4.69, 9.17) is 18.9 Å². The predicted molar refractivity (Wildman–Crippen MR) is 195 cm³/mol. The third kappa shape index (κ3) is 5.72. The van der Waals surface area contributed by atoms with Crippen LogP contribution in [0.25, 0.3) is 0 Å². The van der Waals surface area contributed by atoms with Gasteiger partial charge >= 0.3 is 6.03 Å². The lowest BCUT2D eigenvalue weighted by molar-refractivity contribution is -0.121. The van der Waals surface area contributed by atoms with Gasteiger partial charge in [-0.25, -0.2) is 18.2 Å². The van der Waals surface area contributed by atoms with Gasteiger partial charge in [-0.3, -0.25) is 14.6 Å². The Balaban J connectivity index is 1.14. The Morgan fingerprint density at radius 1 is 1.00 bits per heavy atom. The second-order valence-electron chi connectivity index (χ2n) is 14.3. The molecule has 6 heterocycles. The third-order valence-electron chi connectivity index (χ3n) is 11.5. The molecule has 284 valence electrons. The number of nitrogens with one attached hydrogen (secondary N) is 1. The number of benzene rings is 2. The highest BCUT2D eigenvalue weighted by atomic mass is 32.2. The summed E-state index contributed by atoms with van der Waals surface area (Å²) in [6, 6.07) is 15.0. The number of hydrogen-bond donors (Lipinski definition) is 1. The molecule has 1 aromatic heterocycles. The molecule has 5 aliphatic heterocycles. The number of nitrogens with zero attached hydrogens (tertiary/aromatic N) is 6. The molecule has 0 spiro atoms. The molecule has 16 heteroatoms. The van der Waals surface area contributed by atoms with Crippen molar-refractivity contribution in [2.45, 2.75) is 60.8 Å². The molecule has 5 aliphatic rings. The second kappa shape index (κ2) is 14.0. The van der Waals surface area contributed by atoms with Gasteiger partial charge in [0, 0.05) is 62.1 Å². The molecule has 0 aliphatic carbocycles. The van der Waals surface area contributed by atoms with Crippen LogP contribution in [0.15, 0.2) is 59.6 Å². The Morgan fingerprint density at radius 3 is 2.37 bits per heavy atom. The minimum Gasteiger partial charge on any atom is -0.497 e. The molecule has 1 N–H and O–H groups in total. The van der Waals surface area contributed by atoms with Crippen LogP contribution in [0.4, 0.5) is 10.5 Å². The van der Waals surface area contributed by atoms with Crippen LogP contribution in [0, 0.1) is 11.3 Å². The zero-order valence-corrected chi connectivity index (χ0v) is 31.3. The summed E-state index contributed by atoms with van der Waals surface area (Å²) in [5, 5.41) is 13.0. The van der Waals surface area contributed by atoms with Gasteiger partial charge in [0.25, 0.3) is 15.9 Å². The van der Waals surface area contributed by atoms with Crippen LogP contribution < -0.4 is 23.8 Å². The molecule has 3 amide bonds. The SMILES string of the molecule is CCOc1ncccc1[C@]1(NC(=O)N2CCC(N3C[C@@H]4C[C@@H]3CN4C3COC3)CC2)C(=O)N(S(=O)(=O)c2ccc(OC)cc2OC)c2ccc(C#N)cc21. The van der Waals surface area contributed by atoms with E-state index in [9.17, 15) is 18.5 Å². The molecule has 4 saturated heterocycles. The first-order valence-corrected chi connectivity index (χ1v) is 19.7. The number of hydrogen-bond acceptors (Lipinski definition) is 12. The summed E-state index contributed by atoms with van der Waals surface area (Å²) in [6.07, 6.45) is 4.16. The molecule has 3 aromatic rings. The first-order chi connectivity index (χ1) is 26.1. The number of piperazine rings is 1. The van der Waals surface area contributed by atoms with Crippen LogP contribution in [0.1, 0.15) is 42.9 Å². The van der Waals surface area contributed by atoms with Crippen molar-refractivity contribution in [2.75, 3.05) is 64.5 Å². The van der Waals surface area contributed by atoms with E-state index < -0.39 is 27.5 Å². The molecule has 8 rings (SSSR count). The molecule has 0 saturated carbocycles. The fourth-order valence-electron chi connectivity index (χ4n) is 8.84. The summed E-state index contributed by atoms with van der Waals surface area (Å²) in [5.74, 6) is -0.650. The number of urea groups is 1. The maximum absolute atomic E-state index is 15.3. The highest BCUT2D eigenvalue weighted by molar-refractivity contribution is 7.93. The molecule has 4 fully saturated rings. The molecular formula is C38H43N7O8S. The molecule has 54 heavy (non-hydrogen) atoms. The molecular weight excluding hydrogens is 715 g/mol. The van der Waals surface area contributed by atoms with Crippen molar-refractivity contribution in [3.8, 4) is 23.4 Å². The summed E-state index contributed by atoms with van der Waals surface area (Å²) in [7, 11) is -1.95. The number of carbonyl (C=O) groups is 2. The Kier molecular flexibility index (Phi) is 9.37. The number of amides is 3. The van der Waals surface area contributed by atoms with Gasteiger partial charge in [0.15, 0.2) is 5.54 Å². The quantitative estimate of drug-likeness (QED) is 0.322.